The third-order valence-electron chi connectivity index (χ3n) is 5.89. The first-order chi connectivity index (χ1) is 13.5. The van der Waals surface area contributed by atoms with Crippen LogP contribution in [0.25, 0.3) is 10.1 Å². The summed E-state index contributed by atoms with van der Waals surface area (Å²) in [4.78, 5) is 14.6. The van der Waals surface area contributed by atoms with Gasteiger partial charge in [0.25, 0.3) is 0 Å². The Hall–Kier alpha value is -2.66. The summed E-state index contributed by atoms with van der Waals surface area (Å²) in [6.45, 7) is 2.06. The first kappa shape index (κ1) is 18.7. The number of hydrogen-bond donors (Lipinski definition) is 2. The van der Waals surface area contributed by atoms with Crippen molar-refractivity contribution in [2.24, 2.45) is 5.92 Å². The van der Waals surface area contributed by atoms with Crippen LogP contribution in [-0.4, -0.2) is 23.8 Å². The fourth-order valence-electron chi connectivity index (χ4n) is 4.14. The van der Waals surface area contributed by atoms with Crippen molar-refractivity contribution in [3.8, 4) is 0 Å². The maximum absolute atomic E-state index is 13.1. The van der Waals surface area contributed by atoms with E-state index in [9.17, 15) is 4.79 Å². The average Bonchev–Trinajstić information content (AvgIpc) is 3.17. The number of thiophene rings is 1. The van der Waals surface area contributed by atoms with E-state index in [1.807, 2.05) is 6.07 Å². The fourth-order valence-corrected chi connectivity index (χ4v) is 4.91. The quantitative estimate of drug-likeness (QED) is 0.659. The summed E-state index contributed by atoms with van der Waals surface area (Å²) >= 11 is 1.72. The second-order valence-electron chi connectivity index (χ2n) is 7.68. The molecule has 0 saturated carbocycles. The number of nitrogens with one attached hydrogen (secondary N) is 2. The molecule has 1 aromatic heterocycles. The summed E-state index contributed by atoms with van der Waals surface area (Å²) in [5.74, 6) is -0.0339. The normalized spacial score (nSPS) is 22.5. The van der Waals surface area contributed by atoms with Gasteiger partial charge in [0.05, 0.1) is 11.5 Å². The van der Waals surface area contributed by atoms with Crippen molar-refractivity contribution in [2.45, 2.75) is 31.7 Å². The molecule has 0 bridgehead atoms. The Morgan fingerprint density at radius 2 is 1.96 bits per heavy atom. The van der Waals surface area contributed by atoms with Crippen LogP contribution in [0.1, 0.15) is 30.9 Å². The molecule has 3 aromatic rings. The average molecular weight is 392 g/mol. The van der Waals surface area contributed by atoms with Crippen LogP contribution in [0, 0.1) is 11.3 Å². The number of rotatable bonds is 5. The van der Waals surface area contributed by atoms with Crippen LogP contribution in [0.5, 0.6) is 0 Å². The van der Waals surface area contributed by atoms with Gasteiger partial charge >= 0.3 is 0 Å². The highest BCUT2D eigenvalue weighted by Gasteiger charge is 2.46. The third kappa shape index (κ3) is 3.31. The molecule has 4 rings (SSSR count). The molecule has 1 aliphatic rings. The summed E-state index contributed by atoms with van der Waals surface area (Å²) in [5.41, 5.74) is 1.77. The zero-order valence-electron chi connectivity index (χ0n) is 16.2. The van der Waals surface area contributed by atoms with Gasteiger partial charge in [0, 0.05) is 11.7 Å². The van der Waals surface area contributed by atoms with E-state index in [-0.39, 0.29) is 17.8 Å². The second-order valence-corrected chi connectivity index (χ2v) is 8.62. The molecule has 2 N–H and O–H groups in total. The van der Waals surface area contributed by atoms with Crippen LogP contribution in [0.3, 0.4) is 0 Å². The van der Waals surface area contributed by atoms with Crippen molar-refractivity contribution in [1.29, 1.82) is 5.41 Å². The number of amides is 1. The van der Waals surface area contributed by atoms with E-state index < -0.39 is 5.54 Å². The number of nitrogens with zero attached hydrogens (tertiary/aromatic N) is 1. The molecule has 0 radical (unpaired) electrons. The van der Waals surface area contributed by atoms with Gasteiger partial charge in [-0.2, -0.15) is 0 Å². The lowest BCUT2D eigenvalue weighted by Crippen LogP contribution is -2.63. The first-order valence-corrected chi connectivity index (χ1v) is 10.5. The highest BCUT2D eigenvalue weighted by atomic mass is 32.1. The van der Waals surface area contributed by atoms with Gasteiger partial charge in [-0.05, 0) is 66.3 Å². The van der Waals surface area contributed by atoms with Gasteiger partial charge in [-0.3, -0.25) is 15.1 Å². The number of fused-ring (bicyclic) bond motifs is 1. The molecule has 1 amide bonds. The van der Waals surface area contributed by atoms with Gasteiger partial charge in [0.1, 0.15) is 0 Å². The Morgan fingerprint density at radius 1 is 1.18 bits per heavy atom. The van der Waals surface area contributed by atoms with E-state index >= 15 is 0 Å². The molecule has 28 heavy (non-hydrogen) atoms. The summed E-state index contributed by atoms with van der Waals surface area (Å²) < 4.78 is 1.24. The predicted molar refractivity (Wildman–Crippen MR) is 116 cm³/mol. The minimum Gasteiger partial charge on any atom is -0.346 e. The Labute approximate surface area is 169 Å². The summed E-state index contributed by atoms with van der Waals surface area (Å²) in [5, 5.41) is 14.9. The molecular weight excluding hydrogens is 366 g/mol. The third-order valence-corrected chi connectivity index (χ3v) is 6.79. The zero-order valence-corrected chi connectivity index (χ0v) is 17.1. The van der Waals surface area contributed by atoms with Crippen molar-refractivity contribution in [3.05, 3.63) is 71.1 Å². The van der Waals surface area contributed by atoms with E-state index in [0.717, 1.165) is 24.8 Å². The predicted octanol–water partition coefficient (Wildman–Crippen LogP) is 4.75. The minimum absolute atomic E-state index is 0.0183. The van der Waals surface area contributed by atoms with Gasteiger partial charge in [-0.1, -0.05) is 36.4 Å². The molecule has 2 atom stereocenters. The molecule has 0 spiro atoms. The number of guanidine groups is 1. The van der Waals surface area contributed by atoms with E-state index in [0.29, 0.717) is 0 Å². The molecule has 0 aliphatic carbocycles. The smallest absolute Gasteiger partial charge is 0.234 e. The lowest BCUT2D eigenvalue weighted by Gasteiger charge is -2.46. The van der Waals surface area contributed by atoms with Gasteiger partial charge in [-0.15, -0.1) is 11.3 Å². The van der Waals surface area contributed by atoms with Crippen molar-refractivity contribution >= 4 is 33.3 Å². The van der Waals surface area contributed by atoms with E-state index in [4.69, 9.17) is 5.41 Å². The lowest BCUT2D eigenvalue weighted by atomic mass is 9.74. The zero-order chi connectivity index (χ0) is 19.7. The fraction of sp³-hybridized carbons (Fsp3) is 0.304. The Balaban J connectivity index is 1.63. The standard InChI is InChI=1S/C23H25N3OS/c1-23(18-11-12-20-17(15-18)13-14-28-20)19(21(27)26(2)22(24)25-23)10-6-9-16-7-4-3-5-8-16/h3-5,7-8,11-15,19H,6,9-10H2,1-2H3,(H2,24,25)/t19?,23-/m1/s1. The monoisotopic (exact) mass is 391 g/mol. The topological polar surface area (TPSA) is 56.2 Å². The maximum atomic E-state index is 13.1. The van der Waals surface area contributed by atoms with Gasteiger partial charge in [0.2, 0.25) is 5.91 Å². The molecule has 4 nitrogen and oxygen atoms in total. The van der Waals surface area contributed by atoms with Crippen molar-refractivity contribution in [3.63, 3.8) is 0 Å². The molecule has 144 valence electrons. The highest BCUT2D eigenvalue weighted by Crippen LogP contribution is 2.38. The van der Waals surface area contributed by atoms with Crippen molar-refractivity contribution < 1.29 is 4.79 Å². The summed E-state index contributed by atoms with van der Waals surface area (Å²) in [7, 11) is 1.68. The Bertz CT molecular complexity index is 1010. The van der Waals surface area contributed by atoms with Gasteiger partial charge in [0.15, 0.2) is 5.96 Å². The van der Waals surface area contributed by atoms with Crippen LogP contribution < -0.4 is 5.32 Å². The Morgan fingerprint density at radius 3 is 2.75 bits per heavy atom. The molecule has 1 aliphatic heterocycles. The van der Waals surface area contributed by atoms with E-state index in [1.165, 1.54) is 20.5 Å². The van der Waals surface area contributed by atoms with Crippen LogP contribution in [0.15, 0.2) is 60.0 Å². The van der Waals surface area contributed by atoms with Crippen LogP contribution in [-0.2, 0) is 16.8 Å². The second kappa shape index (κ2) is 7.40. The summed E-state index contributed by atoms with van der Waals surface area (Å²) in [6.07, 6.45) is 2.65. The van der Waals surface area contributed by atoms with Crippen LogP contribution >= 0.6 is 11.3 Å². The minimum atomic E-state index is -0.590. The summed E-state index contributed by atoms with van der Waals surface area (Å²) in [6, 6.07) is 18.9. The molecule has 1 fully saturated rings. The molecule has 2 aromatic carbocycles. The van der Waals surface area contributed by atoms with E-state index in [1.54, 1.807) is 18.4 Å². The van der Waals surface area contributed by atoms with Crippen molar-refractivity contribution in [2.75, 3.05) is 7.05 Å². The lowest BCUT2D eigenvalue weighted by molar-refractivity contribution is -0.135. The molecular formula is C23H25N3OS. The van der Waals surface area contributed by atoms with E-state index in [2.05, 4.69) is 66.2 Å². The molecule has 5 heteroatoms. The number of benzene rings is 2. The van der Waals surface area contributed by atoms with Gasteiger partial charge in [-0.25, -0.2) is 0 Å². The van der Waals surface area contributed by atoms with Crippen LogP contribution in [0.2, 0.25) is 0 Å². The van der Waals surface area contributed by atoms with Crippen molar-refractivity contribution in [1.82, 2.24) is 10.2 Å². The SMILES string of the molecule is CN1C(=N)N[C@](C)(c2ccc3sccc3c2)C(CCCc2ccccc2)C1=O. The number of carbonyl (C=O) groups is 1. The highest BCUT2D eigenvalue weighted by molar-refractivity contribution is 7.17. The largest absolute Gasteiger partial charge is 0.346 e. The van der Waals surface area contributed by atoms with Crippen LogP contribution in [0.4, 0.5) is 0 Å². The molecule has 2 heterocycles. The number of carbonyl (C=O) groups excluding carboxylic acids is 1. The first-order valence-electron chi connectivity index (χ1n) is 9.65. The molecule has 1 unspecified atom stereocenters. The molecule has 1 saturated heterocycles. The number of hydrogen-bond acceptors (Lipinski definition) is 3. The maximum Gasteiger partial charge on any atom is 0.234 e. The Kier molecular flexibility index (Phi) is 4.94. The van der Waals surface area contributed by atoms with Gasteiger partial charge < -0.3 is 5.32 Å². The number of aryl methyl sites for hydroxylation is 1.